The van der Waals surface area contributed by atoms with E-state index in [1.807, 2.05) is 12.3 Å². The number of hydrogen-bond acceptors (Lipinski definition) is 3. The first-order chi connectivity index (χ1) is 7.83. The van der Waals surface area contributed by atoms with Gasteiger partial charge in [-0.2, -0.15) is 0 Å². The molecule has 0 saturated carbocycles. The summed E-state index contributed by atoms with van der Waals surface area (Å²) in [7, 11) is 0. The van der Waals surface area contributed by atoms with E-state index in [2.05, 4.69) is 29.8 Å². The second kappa shape index (κ2) is 5.30. The summed E-state index contributed by atoms with van der Waals surface area (Å²) < 4.78 is 5.38. The first-order valence-electron chi connectivity index (χ1n) is 6.10. The molecule has 16 heavy (non-hydrogen) atoms. The molecule has 0 radical (unpaired) electrons. The largest absolute Gasteiger partial charge is 0.378 e. The Bertz CT molecular complexity index is 334. The number of aromatic nitrogens is 1. The maximum Gasteiger partial charge on any atom is 0.132 e. The van der Waals surface area contributed by atoms with Gasteiger partial charge in [0.15, 0.2) is 0 Å². The van der Waals surface area contributed by atoms with Crippen molar-refractivity contribution >= 4 is 5.82 Å². The molecule has 1 atom stereocenters. The van der Waals surface area contributed by atoms with Crippen LogP contribution in [0.1, 0.15) is 31.7 Å². The van der Waals surface area contributed by atoms with Crippen LogP contribution in [0.15, 0.2) is 18.3 Å². The van der Waals surface area contributed by atoms with Gasteiger partial charge in [-0.15, -0.1) is 0 Å². The molecule has 1 aromatic rings. The zero-order valence-electron chi connectivity index (χ0n) is 10.1. The summed E-state index contributed by atoms with van der Waals surface area (Å²) >= 11 is 0. The minimum absolute atomic E-state index is 0.576. The van der Waals surface area contributed by atoms with Crippen LogP contribution < -0.4 is 4.90 Å². The highest BCUT2D eigenvalue weighted by atomic mass is 16.5. The quantitative estimate of drug-likeness (QED) is 0.782. The average Bonchev–Trinajstić information content (AvgIpc) is 2.39. The molecule has 1 aliphatic heterocycles. The SMILES string of the molecule is CCC(C)c1cccnc1N1CCOCC1. The van der Waals surface area contributed by atoms with Crippen molar-refractivity contribution in [2.24, 2.45) is 0 Å². The summed E-state index contributed by atoms with van der Waals surface area (Å²) in [5, 5.41) is 0. The number of nitrogens with zero attached hydrogens (tertiary/aromatic N) is 2. The molecule has 2 rings (SSSR count). The van der Waals surface area contributed by atoms with Crippen LogP contribution in [0.25, 0.3) is 0 Å². The maximum absolute atomic E-state index is 5.38. The van der Waals surface area contributed by atoms with E-state index in [1.54, 1.807) is 0 Å². The van der Waals surface area contributed by atoms with E-state index < -0.39 is 0 Å². The lowest BCUT2D eigenvalue weighted by atomic mass is 9.99. The molecule has 1 aliphatic rings. The second-order valence-electron chi connectivity index (χ2n) is 4.32. The maximum atomic E-state index is 5.38. The summed E-state index contributed by atoms with van der Waals surface area (Å²) in [6.45, 7) is 8.04. The lowest BCUT2D eigenvalue weighted by Gasteiger charge is -2.30. The molecular formula is C13H20N2O. The van der Waals surface area contributed by atoms with Gasteiger partial charge < -0.3 is 9.64 Å². The molecule has 3 heteroatoms. The molecule has 0 N–H and O–H groups in total. The van der Waals surface area contributed by atoms with Crippen LogP contribution >= 0.6 is 0 Å². The standard InChI is InChI=1S/C13H20N2O/c1-3-11(2)12-5-4-6-14-13(12)15-7-9-16-10-8-15/h4-6,11H,3,7-10H2,1-2H3. The van der Waals surface area contributed by atoms with E-state index in [1.165, 1.54) is 5.56 Å². The molecule has 0 amide bonds. The predicted octanol–water partition coefficient (Wildman–Crippen LogP) is 2.43. The second-order valence-corrected chi connectivity index (χ2v) is 4.32. The summed E-state index contributed by atoms with van der Waals surface area (Å²) in [5.41, 5.74) is 1.37. The minimum Gasteiger partial charge on any atom is -0.378 e. The number of rotatable bonds is 3. The van der Waals surface area contributed by atoms with E-state index >= 15 is 0 Å². The van der Waals surface area contributed by atoms with E-state index in [0.29, 0.717) is 5.92 Å². The van der Waals surface area contributed by atoms with Crippen molar-refractivity contribution in [1.82, 2.24) is 4.98 Å². The van der Waals surface area contributed by atoms with Crippen molar-refractivity contribution in [1.29, 1.82) is 0 Å². The van der Waals surface area contributed by atoms with Crippen LogP contribution in [0.3, 0.4) is 0 Å². The third-order valence-corrected chi connectivity index (χ3v) is 3.27. The van der Waals surface area contributed by atoms with E-state index in [-0.39, 0.29) is 0 Å². The van der Waals surface area contributed by atoms with E-state index in [4.69, 9.17) is 4.74 Å². The molecule has 3 nitrogen and oxygen atoms in total. The summed E-state index contributed by atoms with van der Waals surface area (Å²) in [6, 6.07) is 4.23. The fourth-order valence-electron chi connectivity index (χ4n) is 2.05. The zero-order chi connectivity index (χ0) is 11.4. The molecule has 1 unspecified atom stereocenters. The van der Waals surface area contributed by atoms with Gasteiger partial charge in [0.05, 0.1) is 13.2 Å². The molecule has 0 aromatic carbocycles. The molecule has 2 heterocycles. The smallest absolute Gasteiger partial charge is 0.132 e. The van der Waals surface area contributed by atoms with Gasteiger partial charge in [-0.05, 0) is 24.0 Å². The van der Waals surface area contributed by atoms with Gasteiger partial charge in [0, 0.05) is 19.3 Å². The molecule has 0 spiro atoms. The highest BCUT2D eigenvalue weighted by Crippen LogP contribution is 2.27. The van der Waals surface area contributed by atoms with Crippen LogP contribution in [0, 0.1) is 0 Å². The Labute approximate surface area is 97.4 Å². The van der Waals surface area contributed by atoms with Gasteiger partial charge in [0.2, 0.25) is 0 Å². The summed E-state index contributed by atoms with van der Waals surface area (Å²) in [6.07, 6.45) is 3.04. The van der Waals surface area contributed by atoms with Crippen molar-refractivity contribution in [3.63, 3.8) is 0 Å². The molecular weight excluding hydrogens is 200 g/mol. The van der Waals surface area contributed by atoms with Crippen LogP contribution in [-0.2, 0) is 4.74 Å². The summed E-state index contributed by atoms with van der Waals surface area (Å²) in [5.74, 6) is 1.73. The molecule has 1 aromatic heterocycles. The monoisotopic (exact) mass is 220 g/mol. The van der Waals surface area contributed by atoms with Gasteiger partial charge >= 0.3 is 0 Å². The fourth-order valence-corrected chi connectivity index (χ4v) is 2.05. The topological polar surface area (TPSA) is 25.4 Å². The van der Waals surface area contributed by atoms with Crippen LogP contribution in [0.4, 0.5) is 5.82 Å². The number of anilines is 1. The third kappa shape index (κ3) is 2.35. The highest BCUT2D eigenvalue weighted by Gasteiger charge is 2.17. The van der Waals surface area contributed by atoms with Crippen LogP contribution in [-0.4, -0.2) is 31.3 Å². The summed E-state index contributed by atoms with van der Waals surface area (Å²) in [4.78, 5) is 6.88. The predicted molar refractivity (Wildman–Crippen MR) is 66.0 cm³/mol. The number of ether oxygens (including phenoxy) is 1. The molecule has 1 saturated heterocycles. The van der Waals surface area contributed by atoms with Gasteiger partial charge in [-0.25, -0.2) is 4.98 Å². The van der Waals surface area contributed by atoms with Crippen LogP contribution in [0.5, 0.6) is 0 Å². The van der Waals surface area contributed by atoms with Gasteiger partial charge in [0.1, 0.15) is 5.82 Å². The van der Waals surface area contributed by atoms with Crippen molar-refractivity contribution in [3.05, 3.63) is 23.9 Å². The van der Waals surface area contributed by atoms with Crippen LogP contribution in [0.2, 0.25) is 0 Å². The molecule has 1 fully saturated rings. The average molecular weight is 220 g/mol. The highest BCUT2D eigenvalue weighted by molar-refractivity contribution is 5.48. The normalized spacial score (nSPS) is 18.5. The Morgan fingerprint density at radius 1 is 1.44 bits per heavy atom. The molecule has 0 aliphatic carbocycles. The van der Waals surface area contributed by atoms with Gasteiger partial charge in [0.25, 0.3) is 0 Å². The van der Waals surface area contributed by atoms with Gasteiger partial charge in [-0.3, -0.25) is 0 Å². The third-order valence-electron chi connectivity index (χ3n) is 3.27. The van der Waals surface area contributed by atoms with Crippen molar-refractivity contribution in [2.45, 2.75) is 26.2 Å². The Morgan fingerprint density at radius 3 is 2.88 bits per heavy atom. The van der Waals surface area contributed by atoms with E-state index in [9.17, 15) is 0 Å². The fraction of sp³-hybridized carbons (Fsp3) is 0.615. The lowest BCUT2D eigenvalue weighted by molar-refractivity contribution is 0.122. The van der Waals surface area contributed by atoms with Crippen molar-refractivity contribution in [2.75, 3.05) is 31.2 Å². The first-order valence-corrected chi connectivity index (χ1v) is 6.10. The number of morpholine rings is 1. The van der Waals surface area contributed by atoms with E-state index in [0.717, 1.165) is 38.5 Å². The first kappa shape index (κ1) is 11.4. The number of hydrogen-bond donors (Lipinski definition) is 0. The lowest BCUT2D eigenvalue weighted by Crippen LogP contribution is -2.37. The Kier molecular flexibility index (Phi) is 3.78. The molecule has 0 bridgehead atoms. The van der Waals surface area contributed by atoms with Crippen molar-refractivity contribution in [3.8, 4) is 0 Å². The Balaban J connectivity index is 2.24. The Morgan fingerprint density at radius 2 is 2.19 bits per heavy atom. The zero-order valence-corrected chi connectivity index (χ0v) is 10.1. The Hall–Kier alpha value is -1.09. The van der Waals surface area contributed by atoms with Gasteiger partial charge in [-0.1, -0.05) is 19.9 Å². The number of pyridine rings is 1. The minimum atomic E-state index is 0.576. The molecule has 88 valence electrons. The van der Waals surface area contributed by atoms with Crippen molar-refractivity contribution < 1.29 is 4.74 Å².